The van der Waals surface area contributed by atoms with Crippen molar-refractivity contribution in [3.8, 4) is 16.9 Å². The molecule has 0 bridgehead atoms. The van der Waals surface area contributed by atoms with Crippen molar-refractivity contribution in [2.75, 3.05) is 19.7 Å². The first kappa shape index (κ1) is 22.9. The molecule has 2 heterocycles. The maximum Gasteiger partial charge on any atom is 0.488 e. The minimum atomic E-state index is -1.56. The van der Waals surface area contributed by atoms with Gasteiger partial charge in [0.05, 0.1) is 6.61 Å². The highest BCUT2D eigenvalue weighted by Gasteiger charge is 2.44. The van der Waals surface area contributed by atoms with Crippen molar-refractivity contribution >= 4 is 30.1 Å². The first-order valence-corrected chi connectivity index (χ1v) is 11.8. The normalized spacial score (nSPS) is 16.3. The van der Waals surface area contributed by atoms with Crippen LogP contribution in [-0.2, 0) is 12.0 Å². The van der Waals surface area contributed by atoms with Crippen molar-refractivity contribution in [1.82, 2.24) is 4.90 Å². The predicted octanol–water partition coefficient (Wildman–Crippen LogP) is 2.71. The van der Waals surface area contributed by atoms with Gasteiger partial charge < -0.3 is 25.4 Å². The van der Waals surface area contributed by atoms with Crippen LogP contribution in [0.2, 0.25) is 5.02 Å². The van der Waals surface area contributed by atoms with Crippen molar-refractivity contribution in [2.45, 2.75) is 24.8 Å². The number of hydrogen-bond acceptors (Lipinski definition) is 5. The first-order chi connectivity index (χ1) is 16.4. The average Bonchev–Trinajstić information content (AvgIpc) is 3.20. The fourth-order valence-corrected chi connectivity index (χ4v) is 5.27. The number of nitrogens with zero attached hydrogens (tertiary/aromatic N) is 1. The third kappa shape index (κ3) is 4.21. The number of fused-ring (bicyclic) bond motifs is 2. The molecule has 1 fully saturated rings. The Bertz CT molecular complexity index is 1240. The molecule has 0 atom stereocenters. The fraction of sp³-hybridized carbons (Fsp3) is 0.269. The van der Waals surface area contributed by atoms with E-state index < -0.39 is 7.12 Å². The molecule has 1 saturated heterocycles. The summed E-state index contributed by atoms with van der Waals surface area (Å²) in [7, 11) is -1.56. The molecule has 2 aliphatic rings. The number of ether oxygens (including phenoxy) is 1. The zero-order valence-corrected chi connectivity index (χ0v) is 19.5. The Kier molecular flexibility index (Phi) is 6.12. The van der Waals surface area contributed by atoms with E-state index in [9.17, 15) is 14.8 Å². The maximum atomic E-state index is 13.4. The van der Waals surface area contributed by atoms with Crippen LogP contribution in [0.3, 0.4) is 0 Å². The quantitative estimate of drug-likeness (QED) is 0.503. The van der Waals surface area contributed by atoms with E-state index in [1.807, 2.05) is 29.2 Å². The summed E-state index contributed by atoms with van der Waals surface area (Å²) in [6.07, 6.45) is 1.65. The van der Waals surface area contributed by atoms with Crippen molar-refractivity contribution < 1.29 is 19.6 Å². The molecule has 174 valence electrons. The summed E-state index contributed by atoms with van der Waals surface area (Å²) in [5.41, 5.74) is 10.5. The lowest BCUT2D eigenvalue weighted by molar-refractivity contribution is 0.0646. The van der Waals surface area contributed by atoms with Crippen molar-refractivity contribution in [3.63, 3.8) is 0 Å². The Balaban J connectivity index is 1.36. The molecule has 3 aromatic rings. The smallest absolute Gasteiger partial charge is 0.488 e. The summed E-state index contributed by atoms with van der Waals surface area (Å²) in [4.78, 5) is 15.3. The number of nitrogens with two attached hydrogens (primary N) is 1. The Morgan fingerprint density at radius 1 is 1.06 bits per heavy atom. The molecule has 8 heteroatoms. The number of likely N-dealkylation sites (tertiary alicyclic amines) is 1. The zero-order valence-electron chi connectivity index (χ0n) is 18.7. The van der Waals surface area contributed by atoms with Gasteiger partial charge in [-0.05, 0) is 59.3 Å². The number of rotatable bonds is 4. The second-order valence-electron chi connectivity index (χ2n) is 9.12. The summed E-state index contributed by atoms with van der Waals surface area (Å²) in [6, 6.07) is 18.3. The van der Waals surface area contributed by atoms with Crippen LogP contribution in [0.25, 0.3) is 11.1 Å². The third-order valence-corrected chi connectivity index (χ3v) is 7.24. The lowest BCUT2D eigenvalue weighted by Gasteiger charge is -2.38. The second-order valence-corrected chi connectivity index (χ2v) is 9.56. The van der Waals surface area contributed by atoms with Crippen LogP contribution in [0, 0.1) is 0 Å². The van der Waals surface area contributed by atoms with Crippen LogP contribution >= 0.6 is 11.6 Å². The molecule has 0 unspecified atom stereocenters. The molecule has 0 saturated carbocycles. The minimum Gasteiger partial charge on any atom is -0.492 e. The maximum absolute atomic E-state index is 13.4. The van der Waals surface area contributed by atoms with Gasteiger partial charge in [0.15, 0.2) is 0 Å². The summed E-state index contributed by atoms with van der Waals surface area (Å²) >= 11 is 6.37. The van der Waals surface area contributed by atoms with Gasteiger partial charge in [0, 0.05) is 41.2 Å². The van der Waals surface area contributed by atoms with E-state index in [0.29, 0.717) is 42.3 Å². The first-order valence-electron chi connectivity index (χ1n) is 11.4. The Labute approximate surface area is 204 Å². The summed E-state index contributed by atoms with van der Waals surface area (Å²) in [5, 5.41) is 19.4. The second kappa shape index (κ2) is 9.08. The summed E-state index contributed by atoms with van der Waals surface area (Å²) < 4.78 is 5.98. The van der Waals surface area contributed by atoms with Gasteiger partial charge in [-0.15, -0.1) is 0 Å². The number of hydrogen-bond donors (Lipinski definition) is 3. The highest BCUT2D eigenvalue weighted by Crippen LogP contribution is 2.46. The predicted molar refractivity (Wildman–Crippen MR) is 133 cm³/mol. The number of piperidine rings is 1. The van der Waals surface area contributed by atoms with Gasteiger partial charge in [0.25, 0.3) is 5.91 Å². The average molecular weight is 477 g/mol. The van der Waals surface area contributed by atoms with Gasteiger partial charge in [0.2, 0.25) is 0 Å². The van der Waals surface area contributed by atoms with Gasteiger partial charge in [-0.3, -0.25) is 4.79 Å². The molecule has 6 nitrogen and oxygen atoms in total. The number of carbonyl (C=O) groups is 1. The van der Waals surface area contributed by atoms with Crippen LogP contribution in [0.1, 0.15) is 34.3 Å². The highest BCUT2D eigenvalue weighted by molar-refractivity contribution is 6.58. The zero-order chi connectivity index (χ0) is 23.9. The van der Waals surface area contributed by atoms with E-state index in [1.165, 1.54) is 5.56 Å². The van der Waals surface area contributed by atoms with E-state index in [1.54, 1.807) is 30.3 Å². The number of benzene rings is 3. The van der Waals surface area contributed by atoms with Crippen LogP contribution in [-0.4, -0.2) is 47.7 Å². The monoisotopic (exact) mass is 476 g/mol. The molecule has 0 aromatic heterocycles. The largest absolute Gasteiger partial charge is 0.492 e. The molecule has 2 aliphatic heterocycles. The standard InChI is InChI=1S/C26H26BClN2O4/c28-22-13-19(18-2-1-3-21(12-18)27(32)33)11-20(14-22)25(31)30-8-6-26(7-9-30)16-34-24-5-4-17(15-29)10-23(24)26/h1-5,10-14,32-33H,6-9,15-16,29H2. The van der Waals surface area contributed by atoms with Crippen LogP contribution in [0.5, 0.6) is 5.75 Å². The highest BCUT2D eigenvalue weighted by atomic mass is 35.5. The van der Waals surface area contributed by atoms with Gasteiger partial charge in [-0.2, -0.15) is 0 Å². The molecule has 0 radical (unpaired) electrons. The van der Waals surface area contributed by atoms with E-state index >= 15 is 0 Å². The lowest BCUT2D eigenvalue weighted by Crippen LogP contribution is -2.46. The van der Waals surface area contributed by atoms with Gasteiger partial charge >= 0.3 is 7.12 Å². The molecular formula is C26H26BClN2O4. The molecule has 34 heavy (non-hydrogen) atoms. The number of carbonyl (C=O) groups excluding carboxylic acids is 1. The molecule has 1 spiro atoms. The SMILES string of the molecule is NCc1ccc2c(c1)C1(CCN(C(=O)c3cc(Cl)cc(-c4cccc(B(O)O)c4)c3)CC1)CO2. The van der Waals surface area contributed by atoms with Crippen LogP contribution in [0.15, 0.2) is 60.7 Å². The summed E-state index contributed by atoms with van der Waals surface area (Å²) in [5.74, 6) is 0.860. The van der Waals surface area contributed by atoms with E-state index in [2.05, 4.69) is 6.07 Å². The minimum absolute atomic E-state index is 0.0632. The van der Waals surface area contributed by atoms with E-state index in [-0.39, 0.29) is 11.3 Å². The van der Waals surface area contributed by atoms with E-state index in [0.717, 1.165) is 35.3 Å². The van der Waals surface area contributed by atoms with Gasteiger partial charge in [0.1, 0.15) is 5.75 Å². The van der Waals surface area contributed by atoms with Crippen molar-refractivity contribution in [1.29, 1.82) is 0 Å². The Morgan fingerprint density at radius 2 is 1.85 bits per heavy atom. The van der Waals surface area contributed by atoms with Gasteiger partial charge in [-0.1, -0.05) is 48.0 Å². The van der Waals surface area contributed by atoms with Crippen molar-refractivity contribution in [3.05, 3.63) is 82.4 Å². The van der Waals surface area contributed by atoms with Crippen LogP contribution < -0.4 is 15.9 Å². The molecular weight excluding hydrogens is 451 g/mol. The fourth-order valence-electron chi connectivity index (χ4n) is 5.03. The summed E-state index contributed by atoms with van der Waals surface area (Å²) in [6.45, 7) is 2.38. The Morgan fingerprint density at radius 3 is 2.59 bits per heavy atom. The van der Waals surface area contributed by atoms with E-state index in [4.69, 9.17) is 22.1 Å². The van der Waals surface area contributed by atoms with Crippen molar-refractivity contribution in [2.24, 2.45) is 5.73 Å². The molecule has 3 aromatic carbocycles. The third-order valence-electron chi connectivity index (χ3n) is 7.03. The van der Waals surface area contributed by atoms with Crippen LogP contribution in [0.4, 0.5) is 0 Å². The lowest BCUT2D eigenvalue weighted by atomic mass is 9.74. The topological polar surface area (TPSA) is 96.0 Å². The van der Waals surface area contributed by atoms with Gasteiger partial charge in [-0.25, -0.2) is 0 Å². The molecule has 0 aliphatic carbocycles. The number of halogens is 1. The molecule has 1 amide bonds. The molecule has 4 N–H and O–H groups in total. The number of amides is 1. The molecule has 5 rings (SSSR count). The Hall–Kier alpha value is -2.84.